The first-order valence-electron chi connectivity index (χ1n) is 16.8. The fourth-order valence-corrected chi connectivity index (χ4v) is 6.37. The van der Waals surface area contributed by atoms with Crippen LogP contribution in [0.2, 0.25) is 0 Å². The lowest BCUT2D eigenvalue weighted by atomic mass is 10.1. The van der Waals surface area contributed by atoms with Crippen LogP contribution in [0.25, 0.3) is 20.2 Å². The number of hydrogen-bond acceptors (Lipinski definition) is 7. The summed E-state index contributed by atoms with van der Waals surface area (Å²) >= 11 is 1.66. The molecule has 0 aliphatic carbocycles. The highest BCUT2D eigenvalue weighted by molar-refractivity contribution is 7.25. The molecule has 6 nitrogen and oxygen atoms in total. The smallest absolute Gasteiger partial charge is 0.338 e. The minimum Gasteiger partial charge on any atom is -0.462 e. The van der Waals surface area contributed by atoms with Gasteiger partial charge >= 0.3 is 11.9 Å². The van der Waals surface area contributed by atoms with E-state index in [1.54, 1.807) is 11.3 Å². The lowest BCUT2D eigenvalue weighted by Gasteiger charge is -2.21. The van der Waals surface area contributed by atoms with Crippen LogP contribution in [0, 0.1) is 0 Å². The second-order valence-corrected chi connectivity index (χ2v) is 12.7. The van der Waals surface area contributed by atoms with Gasteiger partial charge in [-0.3, -0.25) is 0 Å². The molecule has 0 radical (unpaired) electrons. The highest BCUT2D eigenvalue weighted by atomic mass is 35.5. The minimum absolute atomic E-state index is 0. The van der Waals surface area contributed by atoms with Crippen LogP contribution in [-0.4, -0.2) is 74.2 Å². The highest BCUT2D eigenvalue weighted by Crippen LogP contribution is 2.35. The second kappa shape index (κ2) is 21.5. The van der Waals surface area contributed by atoms with Crippen molar-refractivity contribution in [1.29, 1.82) is 0 Å². The zero-order valence-corrected chi connectivity index (χ0v) is 29.2. The predicted octanol–water partition coefficient (Wildman–Crippen LogP) is 9.37. The first-order chi connectivity index (χ1) is 21.0. The van der Waals surface area contributed by atoms with E-state index in [0.29, 0.717) is 24.3 Å². The number of unbranched alkanes of at least 4 members (excludes halogenated alkanes) is 4. The van der Waals surface area contributed by atoms with Crippen LogP contribution in [0.4, 0.5) is 0 Å². The Labute approximate surface area is 275 Å². The topological polar surface area (TPSA) is 59.1 Å². The maximum Gasteiger partial charge on any atom is 0.338 e. The summed E-state index contributed by atoms with van der Waals surface area (Å²) in [6.07, 6.45) is 11.3. The van der Waals surface area contributed by atoms with Gasteiger partial charge in [0.2, 0.25) is 0 Å². The van der Waals surface area contributed by atoms with Gasteiger partial charge in [0, 0.05) is 33.3 Å². The molecule has 3 rings (SSSR count). The minimum atomic E-state index is -0.294. The number of nitrogens with zero attached hydrogens (tertiary/aromatic N) is 2. The van der Waals surface area contributed by atoms with E-state index in [1.807, 2.05) is 36.4 Å². The van der Waals surface area contributed by atoms with Gasteiger partial charge in [-0.2, -0.15) is 0 Å². The molecular formula is C36H55ClN2O4S. The average Bonchev–Trinajstić information content (AvgIpc) is 3.40. The number of carbonyl (C=O) groups is 2. The summed E-state index contributed by atoms with van der Waals surface area (Å²) in [5.41, 5.74) is 1.09. The Morgan fingerprint density at radius 2 is 0.909 bits per heavy atom. The van der Waals surface area contributed by atoms with Crippen molar-refractivity contribution in [2.45, 2.75) is 91.9 Å². The molecule has 246 valence electrons. The maximum absolute atomic E-state index is 12.9. The summed E-state index contributed by atoms with van der Waals surface area (Å²) in [4.78, 5) is 30.8. The van der Waals surface area contributed by atoms with Crippen molar-refractivity contribution in [3.8, 4) is 0 Å². The first-order valence-corrected chi connectivity index (χ1v) is 17.6. The summed E-state index contributed by atoms with van der Waals surface area (Å²) < 4.78 is 13.5. The van der Waals surface area contributed by atoms with Crippen LogP contribution in [0.3, 0.4) is 0 Å². The SMILES string of the molecule is CCCCN(CCCC)CCCOC(=O)c1ccc2sc3ccc(C(=O)OCCCN(CCCC)CCCC)cc3c2c1.Cl. The number of benzene rings is 2. The van der Waals surface area contributed by atoms with Gasteiger partial charge in [-0.05, 0) is 101 Å². The van der Waals surface area contributed by atoms with Crippen LogP contribution in [0.1, 0.15) is 113 Å². The molecule has 0 aliphatic rings. The van der Waals surface area contributed by atoms with Crippen molar-refractivity contribution in [3.05, 3.63) is 47.5 Å². The summed E-state index contributed by atoms with van der Waals surface area (Å²) in [6, 6.07) is 11.5. The molecule has 0 saturated heterocycles. The molecule has 3 aromatic rings. The first kappa shape index (κ1) is 38.0. The molecule has 44 heavy (non-hydrogen) atoms. The lowest BCUT2D eigenvalue weighted by molar-refractivity contribution is 0.0478. The number of thiophene rings is 1. The summed E-state index contributed by atoms with van der Waals surface area (Å²) in [7, 11) is 0. The monoisotopic (exact) mass is 646 g/mol. The van der Waals surface area contributed by atoms with E-state index in [0.717, 1.165) is 72.3 Å². The van der Waals surface area contributed by atoms with Crippen molar-refractivity contribution in [2.24, 2.45) is 0 Å². The fraction of sp³-hybridized carbons (Fsp3) is 0.611. The normalized spacial score (nSPS) is 11.4. The molecule has 0 atom stereocenters. The van der Waals surface area contributed by atoms with Crippen LogP contribution in [-0.2, 0) is 9.47 Å². The standard InChI is InChI=1S/C36H54N2O4S.ClH/c1-5-9-19-37(20-10-6-2)23-13-25-41-35(39)29-15-17-33-31(27-29)32-28-30(16-18-34(32)43-33)36(40)42-26-14-24-38(21-11-7-3)22-12-8-4;/h15-18,27-28H,5-14,19-26H2,1-4H3;1H. The number of ether oxygens (including phenoxy) is 2. The van der Waals surface area contributed by atoms with E-state index in [4.69, 9.17) is 9.47 Å². The Morgan fingerprint density at radius 3 is 1.25 bits per heavy atom. The predicted molar refractivity (Wildman–Crippen MR) is 189 cm³/mol. The largest absolute Gasteiger partial charge is 0.462 e. The molecule has 0 saturated carbocycles. The molecule has 1 aromatic heterocycles. The zero-order valence-electron chi connectivity index (χ0n) is 27.5. The molecule has 1 heterocycles. The third-order valence-corrected chi connectivity index (χ3v) is 9.11. The van der Waals surface area contributed by atoms with Crippen molar-refractivity contribution in [2.75, 3.05) is 52.5 Å². The Bertz CT molecular complexity index is 1150. The Balaban J connectivity index is 0.00000675. The van der Waals surface area contributed by atoms with Crippen molar-refractivity contribution >= 4 is 55.9 Å². The van der Waals surface area contributed by atoms with E-state index in [1.165, 1.54) is 51.4 Å². The molecule has 0 aliphatic heterocycles. The molecule has 0 unspecified atom stereocenters. The molecule has 0 N–H and O–H groups in total. The van der Waals surface area contributed by atoms with Crippen LogP contribution >= 0.6 is 23.7 Å². The average molecular weight is 647 g/mol. The van der Waals surface area contributed by atoms with Crippen LogP contribution < -0.4 is 0 Å². The summed E-state index contributed by atoms with van der Waals surface area (Å²) in [5.74, 6) is -0.588. The van der Waals surface area contributed by atoms with Gasteiger partial charge in [-0.15, -0.1) is 23.7 Å². The highest BCUT2D eigenvalue weighted by Gasteiger charge is 2.15. The summed E-state index contributed by atoms with van der Waals surface area (Å²) in [5, 5.41) is 1.94. The van der Waals surface area contributed by atoms with Gasteiger partial charge in [0.05, 0.1) is 24.3 Å². The van der Waals surface area contributed by atoms with E-state index in [2.05, 4.69) is 37.5 Å². The second-order valence-electron chi connectivity index (χ2n) is 11.6. The van der Waals surface area contributed by atoms with Crippen LogP contribution in [0.5, 0.6) is 0 Å². The number of rotatable bonds is 22. The van der Waals surface area contributed by atoms with Gasteiger partial charge in [0.15, 0.2) is 0 Å². The van der Waals surface area contributed by atoms with Gasteiger partial charge in [0.1, 0.15) is 0 Å². The maximum atomic E-state index is 12.9. The molecule has 0 fully saturated rings. The number of carbonyl (C=O) groups excluding carboxylic acids is 2. The van der Waals surface area contributed by atoms with Crippen molar-refractivity contribution < 1.29 is 19.1 Å². The third-order valence-electron chi connectivity index (χ3n) is 7.96. The Hall–Kier alpha value is -2.19. The molecule has 0 spiro atoms. The van der Waals surface area contributed by atoms with Gasteiger partial charge < -0.3 is 19.3 Å². The number of esters is 2. The summed E-state index contributed by atoms with van der Waals surface area (Å²) in [6.45, 7) is 16.1. The molecule has 8 heteroatoms. The Kier molecular flexibility index (Phi) is 18.6. The van der Waals surface area contributed by atoms with E-state index in [9.17, 15) is 9.59 Å². The van der Waals surface area contributed by atoms with Crippen molar-refractivity contribution in [3.63, 3.8) is 0 Å². The van der Waals surface area contributed by atoms with E-state index in [-0.39, 0.29) is 24.3 Å². The quantitative estimate of drug-likeness (QED) is 0.0801. The number of hydrogen-bond donors (Lipinski definition) is 0. The fourth-order valence-electron chi connectivity index (χ4n) is 5.30. The number of halogens is 1. The molecular weight excluding hydrogens is 592 g/mol. The Morgan fingerprint density at radius 1 is 0.568 bits per heavy atom. The van der Waals surface area contributed by atoms with Gasteiger partial charge in [0.25, 0.3) is 0 Å². The molecule has 0 bridgehead atoms. The number of fused-ring (bicyclic) bond motifs is 3. The molecule has 2 aromatic carbocycles. The van der Waals surface area contributed by atoms with E-state index >= 15 is 0 Å². The van der Waals surface area contributed by atoms with Crippen molar-refractivity contribution in [1.82, 2.24) is 9.80 Å². The van der Waals surface area contributed by atoms with Gasteiger partial charge in [-0.1, -0.05) is 53.4 Å². The van der Waals surface area contributed by atoms with Crippen LogP contribution in [0.15, 0.2) is 36.4 Å². The molecule has 0 amide bonds. The third kappa shape index (κ3) is 12.3. The van der Waals surface area contributed by atoms with Gasteiger partial charge in [-0.25, -0.2) is 9.59 Å². The zero-order chi connectivity index (χ0) is 30.9. The lowest BCUT2D eigenvalue weighted by Crippen LogP contribution is -2.28. The van der Waals surface area contributed by atoms with E-state index < -0.39 is 0 Å².